The Kier molecular flexibility index (Phi) is 2.93. The summed E-state index contributed by atoms with van der Waals surface area (Å²) in [6.07, 6.45) is 0. The van der Waals surface area contributed by atoms with Gasteiger partial charge in [-0.3, -0.25) is 0 Å². The zero-order chi connectivity index (χ0) is 11.5. The van der Waals surface area contributed by atoms with Crippen LogP contribution >= 0.6 is 0 Å². The molecular weight excluding hydrogens is 196 g/mol. The number of rotatable bonds is 2. The summed E-state index contributed by atoms with van der Waals surface area (Å²) < 4.78 is 0. The van der Waals surface area contributed by atoms with E-state index in [9.17, 15) is 0 Å². The fourth-order valence-electron chi connectivity index (χ4n) is 1.75. The van der Waals surface area contributed by atoms with Crippen molar-refractivity contribution in [2.75, 3.05) is 5.73 Å². The van der Waals surface area contributed by atoms with Crippen LogP contribution < -0.4 is 11.5 Å². The number of anilines is 1. The maximum atomic E-state index is 6.19. The lowest BCUT2D eigenvalue weighted by Crippen LogP contribution is -2.13. The average molecular weight is 212 g/mol. The highest BCUT2D eigenvalue weighted by Gasteiger charge is 2.10. The van der Waals surface area contributed by atoms with Gasteiger partial charge < -0.3 is 11.5 Å². The molecule has 2 aromatic carbocycles. The minimum absolute atomic E-state index is 0.151. The molecule has 2 heteroatoms. The molecule has 0 saturated carbocycles. The van der Waals surface area contributed by atoms with Crippen molar-refractivity contribution < 1.29 is 0 Å². The van der Waals surface area contributed by atoms with Crippen LogP contribution in [0.1, 0.15) is 22.7 Å². The average Bonchev–Trinajstić information content (AvgIpc) is 2.30. The summed E-state index contributed by atoms with van der Waals surface area (Å²) in [7, 11) is 0. The van der Waals surface area contributed by atoms with E-state index in [0.29, 0.717) is 0 Å². The zero-order valence-corrected chi connectivity index (χ0v) is 9.35. The van der Waals surface area contributed by atoms with Gasteiger partial charge in [-0.05, 0) is 24.1 Å². The molecule has 0 aliphatic heterocycles. The van der Waals surface area contributed by atoms with Crippen molar-refractivity contribution in [3.05, 3.63) is 65.2 Å². The van der Waals surface area contributed by atoms with Crippen LogP contribution in [0.2, 0.25) is 0 Å². The van der Waals surface area contributed by atoms with E-state index in [1.165, 1.54) is 5.56 Å². The van der Waals surface area contributed by atoms with Crippen LogP contribution in [-0.2, 0) is 0 Å². The standard InChI is InChI=1S/C14H16N2/c1-10-6-8-11(9-7-10)14(16)12-4-2-3-5-13(12)15/h2-9,14H,15-16H2,1H3. The Hall–Kier alpha value is -1.80. The molecule has 0 aliphatic carbocycles. The topological polar surface area (TPSA) is 52.0 Å². The Balaban J connectivity index is 2.35. The monoisotopic (exact) mass is 212 g/mol. The van der Waals surface area contributed by atoms with E-state index in [4.69, 9.17) is 11.5 Å². The Morgan fingerprint density at radius 1 is 0.938 bits per heavy atom. The van der Waals surface area contributed by atoms with Crippen molar-refractivity contribution in [3.63, 3.8) is 0 Å². The second kappa shape index (κ2) is 4.37. The highest BCUT2D eigenvalue weighted by molar-refractivity contribution is 5.51. The van der Waals surface area contributed by atoms with Crippen LogP contribution in [0.3, 0.4) is 0 Å². The van der Waals surface area contributed by atoms with E-state index in [1.807, 2.05) is 36.4 Å². The van der Waals surface area contributed by atoms with Gasteiger partial charge in [0.05, 0.1) is 6.04 Å². The lowest BCUT2D eigenvalue weighted by Gasteiger charge is -2.14. The van der Waals surface area contributed by atoms with Gasteiger partial charge in [-0.2, -0.15) is 0 Å². The fourth-order valence-corrected chi connectivity index (χ4v) is 1.75. The number of aryl methyl sites for hydroxylation is 1. The normalized spacial score (nSPS) is 12.4. The molecule has 0 aliphatic rings. The van der Waals surface area contributed by atoms with Crippen molar-refractivity contribution in [2.45, 2.75) is 13.0 Å². The second-order valence-corrected chi connectivity index (χ2v) is 4.02. The van der Waals surface area contributed by atoms with Crippen molar-refractivity contribution in [1.82, 2.24) is 0 Å². The van der Waals surface area contributed by atoms with Crippen molar-refractivity contribution in [3.8, 4) is 0 Å². The van der Waals surface area contributed by atoms with Crippen molar-refractivity contribution in [2.24, 2.45) is 5.73 Å². The third-order valence-corrected chi connectivity index (χ3v) is 2.77. The molecule has 0 radical (unpaired) electrons. The van der Waals surface area contributed by atoms with Gasteiger partial charge in [-0.1, -0.05) is 48.0 Å². The first-order valence-corrected chi connectivity index (χ1v) is 5.35. The molecular formula is C14H16N2. The van der Waals surface area contributed by atoms with E-state index >= 15 is 0 Å². The molecule has 0 amide bonds. The van der Waals surface area contributed by atoms with Crippen LogP contribution in [0.15, 0.2) is 48.5 Å². The maximum Gasteiger partial charge on any atom is 0.0572 e. The third-order valence-electron chi connectivity index (χ3n) is 2.77. The van der Waals surface area contributed by atoms with Crippen molar-refractivity contribution in [1.29, 1.82) is 0 Å². The summed E-state index contributed by atoms with van der Waals surface area (Å²) in [5, 5.41) is 0. The minimum atomic E-state index is -0.151. The number of hydrogen-bond donors (Lipinski definition) is 2. The summed E-state index contributed by atoms with van der Waals surface area (Å²) in [6.45, 7) is 2.06. The smallest absolute Gasteiger partial charge is 0.0572 e. The van der Waals surface area contributed by atoms with E-state index in [2.05, 4.69) is 19.1 Å². The molecule has 2 rings (SSSR count). The molecule has 0 spiro atoms. The molecule has 0 saturated heterocycles. The van der Waals surface area contributed by atoms with Gasteiger partial charge in [-0.15, -0.1) is 0 Å². The van der Waals surface area contributed by atoms with E-state index in [-0.39, 0.29) is 6.04 Å². The molecule has 1 unspecified atom stereocenters. The van der Waals surface area contributed by atoms with Crippen LogP contribution in [-0.4, -0.2) is 0 Å². The molecule has 0 bridgehead atoms. The van der Waals surface area contributed by atoms with Gasteiger partial charge in [0.15, 0.2) is 0 Å². The first kappa shape index (κ1) is 10.7. The summed E-state index contributed by atoms with van der Waals surface area (Å²) in [6, 6.07) is 15.8. The van der Waals surface area contributed by atoms with Gasteiger partial charge in [0.2, 0.25) is 0 Å². The predicted octanol–water partition coefficient (Wildman–Crippen LogP) is 2.63. The highest BCUT2D eigenvalue weighted by atomic mass is 14.7. The maximum absolute atomic E-state index is 6.19. The Morgan fingerprint density at radius 2 is 1.56 bits per heavy atom. The number of hydrogen-bond acceptors (Lipinski definition) is 2. The molecule has 0 heterocycles. The van der Waals surface area contributed by atoms with Crippen LogP contribution in [0, 0.1) is 6.92 Å². The van der Waals surface area contributed by atoms with E-state index < -0.39 is 0 Å². The SMILES string of the molecule is Cc1ccc(C(N)c2ccccc2N)cc1. The quantitative estimate of drug-likeness (QED) is 0.752. The molecule has 82 valence electrons. The van der Waals surface area contributed by atoms with Gasteiger partial charge in [0, 0.05) is 5.69 Å². The summed E-state index contributed by atoms with van der Waals surface area (Å²) in [5.74, 6) is 0. The summed E-state index contributed by atoms with van der Waals surface area (Å²) in [5.41, 5.74) is 16.1. The number of nitrogens with two attached hydrogens (primary N) is 2. The zero-order valence-electron chi connectivity index (χ0n) is 9.35. The van der Waals surface area contributed by atoms with Crippen LogP contribution in [0.5, 0.6) is 0 Å². The largest absolute Gasteiger partial charge is 0.398 e. The first-order chi connectivity index (χ1) is 7.68. The molecule has 0 fully saturated rings. The van der Waals surface area contributed by atoms with Crippen molar-refractivity contribution >= 4 is 5.69 Å². The van der Waals surface area contributed by atoms with Gasteiger partial charge in [0.25, 0.3) is 0 Å². The Labute approximate surface area is 95.9 Å². The molecule has 2 nitrogen and oxygen atoms in total. The van der Waals surface area contributed by atoms with Crippen LogP contribution in [0.4, 0.5) is 5.69 Å². The van der Waals surface area contributed by atoms with Gasteiger partial charge >= 0.3 is 0 Å². The Bertz CT molecular complexity index is 474. The molecule has 2 aromatic rings. The highest BCUT2D eigenvalue weighted by Crippen LogP contribution is 2.24. The summed E-state index contributed by atoms with van der Waals surface area (Å²) >= 11 is 0. The molecule has 4 N–H and O–H groups in total. The number of para-hydroxylation sites is 1. The number of nitrogen functional groups attached to an aromatic ring is 1. The second-order valence-electron chi connectivity index (χ2n) is 4.02. The third kappa shape index (κ3) is 2.07. The lowest BCUT2D eigenvalue weighted by atomic mass is 9.97. The van der Waals surface area contributed by atoms with Gasteiger partial charge in [-0.25, -0.2) is 0 Å². The first-order valence-electron chi connectivity index (χ1n) is 5.35. The number of benzene rings is 2. The lowest BCUT2D eigenvalue weighted by molar-refractivity contribution is 0.874. The fraction of sp³-hybridized carbons (Fsp3) is 0.143. The van der Waals surface area contributed by atoms with Crippen LogP contribution in [0.25, 0.3) is 0 Å². The van der Waals surface area contributed by atoms with E-state index in [1.54, 1.807) is 0 Å². The van der Waals surface area contributed by atoms with E-state index in [0.717, 1.165) is 16.8 Å². The Morgan fingerprint density at radius 3 is 2.19 bits per heavy atom. The van der Waals surface area contributed by atoms with Gasteiger partial charge in [0.1, 0.15) is 0 Å². The predicted molar refractivity (Wildman–Crippen MR) is 68.1 cm³/mol. The molecule has 1 atom stereocenters. The minimum Gasteiger partial charge on any atom is -0.398 e. The molecule has 0 aromatic heterocycles. The summed E-state index contributed by atoms with van der Waals surface area (Å²) in [4.78, 5) is 0. The molecule has 16 heavy (non-hydrogen) atoms.